The van der Waals surface area contributed by atoms with Crippen LogP contribution in [-0.2, 0) is 11.2 Å². The van der Waals surface area contributed by atoms with Crippen LogP contribution in [0.2, 0.25) is 0 Å². The summed E-state index contributed by atoms with van der Waals surface area (Å²) in [7, 11) is 0. The monoisotopic (exact) mass is 175 g/mol. The van der Waals surface area contributed by atoms with Crippen LogP contribution >= 0.6 is 0 Å². The zero-order valence-corrected chi connectivity index (χ0v) is 7.26. The quantitative estimate of drug-likeness (QED) is 0.654. The minimum absolute atomic E-state index is 0.0382. The van der Waals surface area contributed by atoms with Crippen LogP contribution in [-0.4, -0.2) is 12.2 Å². The van der Waals surface area contributed by atoms with E-state index >= 15 is 0 Å². The summed E-state index contributed by atoms with van der Waals surface area (Å²) >= 11 is 0. The number of aryl methyl sites for hydroxylation is 1. The van der Waals surface area contributed by atoms with Crippen molar-refractivity contribution in [1.29, 1.82) is 0 Å². The second kappa shape index (κ2) is 2.69. The molecule has 0 saturated heterocycles. The lowest BCUT2D eigenvalue weighted by atomic mass is 10.0. The zero-order chi connectivity index (χ0) is 9.42. The summed E-state index contributed by atoms with van der Waals surface area (Å²) < 4.78 is 0. The molecule has 0 aliphatic carbocycles. The molecule has 0 bridgehead atoms. The second-order valence-electron chi connectivity index (χ2n) is 3.23. The smallest absolute Gasteiger partial charge is 0.228 e. The third-order valence-corrected chi connectivity index (χ3v) is 2.14. The number of fused-ring (bicyclic) bond motifs is 1. The number of anilines is 1. The lowest BCUT2D eigenvalue weighted by molar-refractivity contribution is -0.115. The van der Waals surface area contributed by atoms with Crippen molar-refractivity contribution in [2.24, 2.45) is 0 Å². The van der Waals surface area contributed by atoms with E-state index in [9.17, 15) is 9.59 Å². The van der Waals surface area contributed by atoms with Crippen LogP contribution in [0.15, 0.2) is 12.1 Å². The molecule has 66 valence electrons. The Morgan fingerprint density at radius 1 is 1.46 bits per heavy atom. The highest BCUT2D eigenvalue weighted by atomic mass is 16.1. The number of hydrogen-bond acceptors (Lipinski definition) is 2. The van der Waals surface area contributed by atoms with Crippen LogP contribution in [0.5, 0.6) is 0 Å². The SMILES string of the molecule is Cc1cc(C=O)c2c(c1)CC(=O)N2. The minimum atomic E-state index is -0.0382. The van der Waals surface area contributed by atoms with Crippen molar-refractivity contribution in [2.45, 2.75) is 13.3 Å². The van der Waals surface area contributed by atoms with E-state index in [-0.39, 0.29) is 5.91 Å². The molecule has 1 aromatic carbocycles. The minimum Gasteiger partial charge on any atom is -0.325 e. The molecule has 0 aromatic heterocycles. The summed E-state index contributed by atoms with van der Waals surface area (Å²) in [4.78, 5) is 21.7. The maximum absolute atomic E-state index is 11.1. The number of nitrogens with one attached hydrogen (secondary N) is 1. The predicted molar refractivity (Wildman–Crippen MR) is 48.9 cm³/mol. The molecule has 1 aromatic rings. The Bertz CT molecular complexity index is 396. The van der Waals surface area contributed by atoms with Gasteiger partial charge >= 0.3 is 0 Å². The van der Waals surface area contributed by atoms with Crippen LogP contribution in [0, 0.1) is 6.92 Å². The van der Waals surface area contributed by atoms with Gasteiger partial charge in [0.05, 0.1) is 12.1 Å². The van der Waals surface area contributed by atoms with Crippen molar-refractivity contribution in [3.63, 3.8) is 0 Å². The third-order valence-electron chi connectivity index (χ3n) is 2.14. The van der Waals surface area contributed by atoms with Gasteiger partial charge in [0.25, 0.3) is 0 Å². The molecule has 1 aliphatic heterocycles. The van der Waals surface area contributed by atoms with Crippen LogP contribution in [0.4, 0.5) is 5.69 Å². The van der Waals surface area contributed by atoms with Gasteiger partial charge in [-0.25, -0.2) is 0 Å². The van der Waals surface area contributed by atoms with Gasteiger partial charge < -0.3 is 5.32 Å². The molecule has 0 radical (unpaired) electrons. The molecule has 0 spiro atoms. The van der Waals surface area contributed by atoms with E-state index in [2.05, 4.69) is 5.32 Å². The molecule has 0 fully saturated rings. The van der Waals surface area contributed by atoms with Gasteiger partial charge in [0.2, 0.25) is 5.91 Å². The standard InChI is InChI=1S/C10H9NO2/c1-6-2-7-4-9(13)11-10(7)8(3-6)5-12/h2-3,5H,4H2,1H3,(H,11,13). The Labute approximate surface area is 75.8 Å². The van der Waals surface area contributed by atoms with Crippen molar-refractivity contribution in [1.82, 2.24) is 0 Å². The molecule has 1 heterocycles. The predicted octanol–water partition coefficient (Wildman–Crippen LogP) is 1.30. The average molecular weight is 175 g/mol. The first kappa shape index (κ1) is 7.98. The first-order valence-electron chi connectivity index (χ1n) is 4.09. The summed E-state index contributed by atoms with van der Waals surface area (Å²) in [5.74, 6) is -0.0382. The lowest BCUT2D eigenvalue weighted by Gasteiger charge is -2.03. The van der Waals surface area contributed by atoms with Crippen molar-refractivity contribution < 1.29 is 9.59 Å². The molecular formula is C10H9NO2. The van der Waals surface area contributed by atoms with Crippen LogP contribution < -0.4 is 5.32 Å². The van der Waals surface area contributed by atoms with Gasteiger partial charge in [0, 0.05) is 5.56 Å². The Balaban J connectivity index is 2.62. The summed E-state index contributed by atoms with van der Waals surface area (Å²) in [6, 6.07) is 3.71. The van der Waals surface area contributed by atoms with Gasteiger partial charge in [0.15, 0.2) is 6.29 Å². The van der Waals surface area contributed by atoms with E-state index in [1.54, 1.807) is 6.07 Å². The molecule has 1 N–H and O–H groups in total. The molecule has 1 aliphatic rings. The largest absolute Gasteiger partial charge is 0.325 e. The van der Waals surface area contributed by atoms with Gasteiger partial charge in [-0.2, -0.15) is 0 Å². The number of carbonyl (C=O) groups is 2. The van der Waals surface area contributed by atoms with Gasteiger partial charge in [0.1, 0.15) is 0 Å². The summed E-state index contributed by atoms with van der Waals surface area (Å²) in [6.45, 7) is 1.91. The summed E-state index contributed by atoms with van der Waals surface area (Å²) in [5, 5.41) is 2.67. The molecule has 3 nitrogen and oxygen atoms in total. The van der Waals surface area contributed by atoms with E-state index in [1.807, 2.05) is 13.0 Å². The van der Waals surface area contributed by atoms with E-state index in [0.717, 1.165) is 17.4 Å². The first-order valence-corrected chi connectivity index (χ1v) is 4.09. The molecule has 0 saturated carbocycles. The fourth-order valence-electron chi connectivity index (χ4n) is 1.63. The Kier molecular flexibility index (Phi) is 1.65. The topological polar surface area (TPSA) is 46.2 Å². The maximum Gasteiger partial charge on any atom is 0.228 e. The first-order chi connectivity index (χ1) is 6.20. The molecule has 0 atom stereocenters. The summed E-state index contributed by atoms with van der Waals surface area (Å²) in [5.41, 5.74) is 3.19. The lowest BCUT2D eigenvalue weighted by Crippen LogP contribution is -2.04. The fraction of sp³-hybridized carbons (Fsp3) is 0.200. The maximum atomic E-state index is 11.1. The normalized spacial score (nSPS) is 13.8. The zero-order valence-electron chi connectivity index (χ0n) is 7.26. The molecule has 1 amide bonds. The average Bonchev–Trinajstić information content (AvgIpc) is 2.43. The van der Waals surface area contributed by atoms with E-state index in [1.165, 1.54) is 0 Å². The molecular weight excluding hydrogens is 166 g/mol. The number of amides is 1. The van der Waals surface area contributed by atoms with Gasteiger partial charge in [-0.3, -0.25) is 9.59 Å². The Morgan fingerprint density at radius 3 is 2.92 bits per heavy atom. The molecule has 2 rings (SSSR count). The summed E-state index contributed by atoms with van der Waals surface area (Å²) in [6.07, 6.45) is 1.16. The van der Waals surface area contributed by atoms with E-state index in [4.69, 9.17) is 0 Å². The van der Waals surface area contributed by atoms with E-state index < -0.39 is 0 Å². The molecule has 0 unspecified atom stereocenters. The highest BCUT2D eigenvalue weighted by Gasteiger charge is 2.20. The third kappa shape index (κ3) is 1.22. The van der Waals surface area contributed by atoms with Gasteiger partial charge in [-0.15, -0.1) is 0 Å². The molecule has 3 heteroatoms. The highest BCUT2D eigenvalue weighted by molar-refractivity contribution is 6.04. The van der Waals surface area contributed by atoms with E-state index in [0.29, 0.717) is 17.7 Å². The number of rotatable bonds is 1. The van der Waals surface area contributed by atoms with Crippen LogP contribution in [0.1, 0.15) is 21.5 Å². The Morgan fingerprint density at radius 2 is 2.23 bits per heavy atom. The van der Waals surface area contributed by atoms with Crippen molar-refractivity contribution in [2.75, 3.05) is 5.32 Å². The van der Waals surface area contributed by atoms with Crippen LogP contribution in [0.3, 0.4) is 0 Å². The number of hydrogen-bond donors (Lipinski definition) is 1. The van der Waals surface area contributed by atoms with Crippen molar-refractivity contribution >= 4 is 17.9 Å². The number of carbonyl (C=O) groups excluding carboxylic acids is 2. The number of aldehydes is 1. The van der Waals surface area contributed by atoms with Crippen molar-refractivity contribution in [3.8, 4) is 0 Å². The van der Waals surface area contributed by atoms with Crippen molar-refractivity contribution in [3.05, 3.63) is 28.8 Å². The molecule has 13 heavy (non-hydrogen) atoms. The van der Waals surface area contributed by atoms with Crippen LogP contribution in [0.25, 0.3) is 0 Å². The fourth-order valence-corrected chi connectivity index (χ4v) is 1.63. The highest BCUT2D eigenvalue weighted by Crippen LogP contribution is 2.27. The Hall–Kier alpha value is -1.64. The second-order valence-corrected chi connectivity index (χ2v) is 3.23. The van der Waals surface area contributed by atoms with Gasteiger partial charge in [-0.05, 0) is 24.1 Å². The number of benzene rings is 1. The van der Waals surface area contributed by atoms with Gasteiger partial charge in [-0.1, -0.05) is 6.07 Å².